The van der Waals surface area contributed by atoms with E-state index in [-0.39, 0.29) is 17.8 Å². The molecule has 0 aliphatic heterocycles. The maximum atomic E-state index is 13.1. The zero-order chi connectivity index (χ0) is 11.6. The van der Waals surface area contributed by atoms with E-state index in [2.05, 4.69) is 0 Å². The Morgan fingerprint density at radius 2 is 2.00 bits per heavy atom. The van der Waals surface area contributed by atoms with E-state index in [0.717, 1.165) is 31.2 Å². The van der Waals surface area contributed by atoms with Gasteiger partial charge in [-0.2, -0.15) is 0 Å². The average molecular weight is 243 g/mol. The molecule has 1 nitrogen and oxygen atoms in total. The minimum Gasteiger partial charge on any atom is -0.396 e. The van der Waals surface area contributed by atoms with Gasteiger partial charge in [-0.15, -0.1) is 0 Å². The van der Waals surface area contributed by atoms with Crippen molar-refractivity contribution < 1.29 is 9.50 Å². The largest absolute Gasteiger partial charge is 0.396 e. The van der Waals surface area contributed by atoms with E-state index < -0.39 is 0 Å². The molecule has 0 unspecified atom stereocenters. The minimum atomic E-state index is -0.259. The molecular formula is C13H16ClFO. The number of hydrogen-bond acceptors (Lipinski definition) is 1. The van der Waals surface area contributed by atoms with Gasteiger partial charge in [-0.3, -0.25) is 0 Å². The second-order valence-electron chi connectivity index (χ2n) is 4.78. The van der Waals surface area contributed by atoms with Crippen LogP contribution in [-0.4, -0.2) is 11.7 Å². The summed E-state index contributed by atoms with van der Waals surface area (Å²) >= 11 is 6.05. The predicted octanol–water partition coefficient (Wildman–Crippen LogP) is 3.57. The van der Waals surface area contributed by atoms with Gasteiger partial charge >= 0.3 is 0 Å². The van der Waals surface area contributed by atoms with E-state index in [0.29, 0.717) is 11.4 Å². The molecule has 0 atom stereocenters. The Balaban J connectivity index is 2.21. The van der Waals surface area contributed by atoms with E-state index >= 15 is 0 Å². The molecule has 2 rings (SSSR count). The maximum Gasteiger partial charge on any atom is 0.123 e. The van der Waals surface area contributed by atoms with Crippen molar-refractivity contribution in [2.24, 2.45) is 5.41 Å². The molecule has 1 aliphatic rings. The first-order chi connectivity index (χ1) is 7.65. The molecule has 1 aromatic rings. The molecule has 0 saturated heterocycles. The average Bonchev–Trinajstić information content (AvgIpc) is 2.73. The van der Waals surface area contributed by atoms with Crippen LogP contribution in [0.15, 0.2) is 18.2 Å². The summed E-state index contributed by atoms with van der Waals surface area (Å²) in [5, 5.41) is 10.1. The minimum absolute atomic E-state index is 0.0720. The van der Waals surface area contributed by atoms with Gasteiger partial charge in [-0.1, -0.05) is 24.4 Å². The third kappa shape index (κ3) is 2.38. The fourth-order valence-electron chi connectivity index (χ4n) is 2.60. The summed E-state index contributed by atoms with van der Waals surface area (Å²) in [6.45, 7) is 0.167. The zero-order valence-electron chi connectivity index (χ0n) is 9.18. The molecule has 1 aromatic carbocycles. The first kappa shape index (κ1) is 11.9. The Hall–Kier alpha value is -0.600. The normalized spacial score (nSPS) is 18.9. The molecule has 16 heavy (non-hydrogen) atoms. The molecule has 1 fully saturated rings. The number of aliphatic hydroxyl groups excluding tert-OH is 1. The van der Waals surface area contributed by atoms with Crippen molar-refractivity contribution in [3.63, 3.8) is 0 Å². The van der Waals surface area contributed by atoms with Crippen LogP contribution in [0.4, 0.5) is 4.39 Å². The third-order valence-corrected chi connectivity index (χ3v) is 3.94. The summed E-state index contributed by atoms with van der Waals surface area (Å²) < 4.78 is 13.1. The maximum absolute atomic E-state index is 13.1. The molecule has 0 aromatic heterocycles. The first-order valence-corrected chi connectivity index (χ1v) is 6.08. The van der Waals surface area contributed by atoms with Gasteiger partial charge in [0.25, 0.3) is 0 Å². The lowest BCUT2D eigenvalue weighted by Gasteiger charge is -2.26. The van der Waals surface area contributed by atoms with Crippen molar-refractivity contribution in [3.8, 4) is 0 Å². The van der Waals surface area contributed by atoms with Crippen molar-refractivity contribution in [3.05, 3.63) is 34.6 Å². The number of rotatable bonds is 3. The van der Waals surface area contributed by atoms with Gasteiger partial charge in [0.05, 0.1) is 0 Å². The first-order valence-electron chi connectivity index (χ1n) is 5.70. The molecule has 0 radical (unpaired) electrons. The van der Waals surface area contributed by atoms with Gasteiger partial charge in [-0.25, -0.2) is 4.39 Å². The lowest BCUT2D eigenvalue weighted by molar-refractivity contribution is 0.130. The van der Waals surface area contributed by atoms with Crippen LogP contribution in [0.2, 0.25) is 5.02 Å². The Morgan fingerprint density at radius 1 is 1.31 bits per heavy atom. The molecule has 1 aliphatic carbocycles. The Labute approximate surface area is 100 Å². The summed E-state index contributed by atoms with van der Waals surface area (Å²) in [5.41, 5.74) is 0.745. The molecule has 0 bridgehead atoms. The molecule has 0 amide bonds. The van der Waals surface area contributed by atoms with E-state index in [4.69, 9.17) is 11.6 Å². The van der Waals surface area contributed by atoms with E-state index in [1.165, 1.54) is 12.1 Å². The third-order valence-electron chi connectivity index (χ3n) is 3.57. The van der Waals surface area contributed by atoms with E-state index in [1.54, 1.807) is 6.07 Å². The highest BCUT2D eigenvalue weighted by molar-refractivity contribution is 6.31. The van der Waals surface area contributed by atoms with Crippen LogP contribution in [0.3, 0.4) is 0 Å². The lowest BCUT2D eigenvalue weighted by atomic mass is 9.81. The monoisotopic (exact) mass is 242 g/mol. The highest BCUT2D eigenvalue weighted by Crippen LogP contribution is 2.41. The molecule has 1 N–H and O–H groups in total. The van der Waals surface area contributed by atoms with Crippen molar-refractivity contribution in [1.29, 1.82) is 0 Å². The van der Waals surface area contributed by atoms with Gasteiger partial charge in [0.15, 0.2) is 0 Å². The van der Waals surface area contributed by atoms with Gasteiger partial charge in [0.2, 0.25) is 0 Å². The van der Waals surface area contributed by atoms with E-state index in [9.17, 15) is 9.50 Å². The molecule has 0 spiro atoms. The van der Waals surface area contributed by atoms with E-state index in [1.807, 2.05) is 0 Å². The van der Waals surface area contributed by atoms with Crippen LogP contribution in [0.5, 0.6) is 0 Å². The van der Waals surface area contributed by atoms with Crippen LogP contribution < -0.4 is 0 Å². The number of aliphatic hydroxyl groups is 1. The van der Waals surface area contributed by atoms with Crippen molar-refractivity contribution in [2.45, 2.75) is 32.1 Å². The lowest BCUT2D eigenvalue weighted by Crippen LogP contribution is -2.24. The standard InChI is InChI=1S/C13H16ClFO/c14-12-4-3-11(15)7-10(12)8-13(9-16)5-1-2-6-13/h3-4,7,16H,1-2,5-6,8-9H2. The number of halogens is 2. The van der Waals surface area contributed by atoms with Gasteiger partial charge in [0, 0.05) is 11.6 Å². The smallest absolute Gasteiger partial charge is 0.123 e. The summed E-state index contributed by atoms with van der Waals surface area (Å²) in [4.78, 5) is 0. The fraction of sp³-hybridized carbons (Fsp3) is 0.538. The molecule has 88 valence electrons. The summed E-state index contributed by atoms with van der Waals surface area (Å²) in [6, 6.07) is 4.44. The van der Waals surface area contributed by atoms with Gasteiger partial charge in [0.1, 0.15) is 5.82 Å². The van der Waals surface area contributed by atoms with Crippen LogP contribution in [0.1, 0.15) is 31.2 Å². The SMILES string of the molecule is OCC1(Cc2cc(F)ccc2Cl)CCCC1. The quantitative estimate of drug-likeness (QED) is 0.859. The van der Waals surface area contributed by atoms with Crippen molar-refractivity contribution in [1.82, 2.24) is 0 Å². The van der Waals surface area contributed by atoms with Crippen LogP contribution in [-0.2, 0) is 6.42 Å². The van der Waals surface area contributed by atoms with Crippen LogP contribution in [0.25, 0.3) is 0 Å². The Morgan fingerprint density at radius 3 is 2.62 bits per heavy atom. The zero-order valence-corrected chi connectivity index (χ0v) is 9.93. The van der Waals surface area contributed by atoms with Crippen LogP contribution >= 0.6 is 11.6 Å². The van der Waals surface area contributed by atoms with Gasteiger partial charge in [-0.05, 0) is 48.4 Å². The second kappa shape index (κ2) is 4.72. The highest BCUT2D eigenvalue weighted by atomic mass is 35.5. The van der Waals surface area contributed by atoms with Crippen LogP contribution in [0, 0.1) is 11.2 Å². The summed E-state index contributed by atoms with van der Waals surface area (Å²) in [7, 11) is 0. The van der Waals surface area contributed by atoms with Gasteiger partial charge < -0.3 is 5.11 Å². The molecule has 1 saturated carbocycles. The number of hydrogen-bond donors (Lipinski definition) is 1. The Bertz CT molecular complexity index is 372. The highest BCUT2D eigenvalue weighted by Gasteiger charge is 2.33. The Kier molecular flexibility index (Phi) is 3.50. The molecular weight excluding hydrogens is 227 g/mol. The van der Waals surface area contributed by atoms with Crippen molar-refractivity contribution >= 4 is 11.6 Å². The summed E-state index contributed by atoms with van der Waals surface area (Å²) in [5.74, 6) is -0.259. The van der Waals surface area contributed by atoms with Crippen molar-refractivity contribution in [2.75, 3.05) is 6.61 Å². The summed E-state index contributed by atoms with van der Waals surface area (Å²) in [6.07, 6.45) is 4.99. The predicted molar refractivity (Wildman–Crippen MR) is 63.1 cm³/mol. The topological polar surface area (TPSA) is 20.2 Å². The second-order valence-corrected chi connectivity index (χ2v) is 5.18. The fourth-order valence-corrected chi connectivity index (χ4v) is 2.78. The molecule has 3 heteroatoms. The molecule has 0 heterocycles. The number of benzene rings is 1.